The van der Waals surface area contributed by atoms with Crippen molar-refractivity contribution < 1.29 is 9.90 Å². The van der Waals surface area contributed by atoms with E-state index in [-0.39, 0.29) is 18.1 Å². The van der Waals surface area contributed by atoms with Gasteiger partial charge in [0.1, 0.15) is 5.60 Å². The van der Waals surface area contributed by atoms with Crippen molar-refractivity contribution in [2.45, 2.75) is 12.5 Å². The molecule has 5 nitrogen and oxygen atoms in total. The fourth-order valence-electron chi connectivity index (χ4n) is 1.28. The minimum Gasteiger partial charge on any atom is -0.383 e. The van der Waals surface area contributed by atoms with Gasteiger partial charge in [0.05, 0.1) is 24.5 Å². The van der Waals surface area contributed by atoms with E-state index in [1.165, 1.54) is 17.5 Å². The first kappa shape index (κ1) is 12.2. The van der Waals surface area contributed by atoms with Crippen molar-refractivity contribution in [2.75, 3.05) is 6.54 Å². The van der Waals surface area contributed by atoms with Crippen molar-refractivity contribution in [1.82, 2.24) is 14.1 Å². The number of aliphatic hydroxyl groups is 1. The van der Waals surface area contributed by atoms with Crippen LogP contribution in [-0.4, -0.2) is 26.3 Å². The zero-order valence-corrected chi connectivity index (χ0v) is 10.7. The molecule has 2 aromatic heterocycles. The highest BCUT2D eigenvalue weighted by Gasteiger charge is 2.25. The number of amides is 1. The molecular weight excluding hydrogens is 258 g/mol. The van der Waals surface area contributed by atoms with E-state index in [9.17, 15) is 9.90 Å². The third-order valence-electron chi connectivity index (χ3n) is 2.24. The van der Waals surface area contributed by atoms with Gasteiger partial charge in [-0.15, -0.1) is 11.3 Å². The minimum atomic E-state index is -1.06. The zero-order chi connectivity index (χ0) is 12.3. The second-order valence-electron chi connectivity index (χ2n) is 3.73. The Hall–Kier alpha value is -1.31. The Balaban J connectivity index is 1.96. The van der Waals surface area contributed by atoms with Crippen molar-refractivity contribution in [3.05, 3.63) is 34.3 Å². The van der Waals surface area contributed by atoms with Crippen LogP contribution in [-0.2, 0) is 5.60 Å². The lowest BCUT2D eigenvalue weighted by Crippen LogP contribution is -2.38. The molecule has 0 aliphatic heterocycles. The first-order valence-corrected chi connectivity index (χ1v) is 6.53. The lowest BCUT2D eigenvalue weighted by molar-refractivity contribution is 0.0555. The molecule has 1 unspecified atom stereocenters. The van der Waals surface area contributed by atoms with Crippen LogP contribution in [0, 0.1) is 0 Å². The van der Waals surface area contributed by atoms with Crippen molar-refractivity contribution in [1.29, 1.82) is 0 Å². The molecule has 7 heteroatoms. The van der Waals surface area contributed by atoms with E-state index < -0.39 is 5.60 Å². The molecule has 0 spiro atoms. The molecule has 0 aromatic carbocycles. The average molecular weight is 269 g/mol. The second-order valence-corrected chi connectivity index (χ2v) is 5.23. The predicted octanol–water partition coefficient (Wildman–Crippen LogP) is 1.24. The summed E-state index contributed by atoms with van der Waals surface area (Å²) in [5, 5.41) is 14.7. The van der Waals surface area contributed by atoms with Gasteiger partial charge < -0.3 is 10.4 Å². The third kappa shape index (κ3) is 2.87. The molecular formula is C10H11N3O2S2. The van der Waals surface area contributed by atoms with Crippen LogP contribution in [0.1, 0.15) is 22.3 Å². The molecule has 2 N–H and O–H groups in total. The van der Waals surface area contributed by atoms with Gasteiger partial charge in [-0.3, -0.25) is 4.79 Å². The smallest absolute Gasteiger partial charge is 0.272 e. The maximum atomic E-state index is 11.6. The maximum Gasteiger partial charge on any atom is 0.272 e. The third-order valence-corrected chi connectivity index (χ3v) is 3.84. The second kappa shape index (κ2) is 4.91. The molecule has 0 bridgehead atoms. The van der Waals surface area contributed by atoms with Crippen LogP contribution in [0.3, 0.4) is 0 Å². The van der Waals surface area contributed by atoms with Gasteiger partial charge >= 0.3 is 0 Å². The van der Waals surface area contributed by atoms with E-state index >= 15 is 0 Å². The molecule has 2 heterocycles. The molecule has 0 saturated carbocycles. The Kier molecular flexibility index (Phi) is 3.51. The fraction of sp³-hybridized carbons (Fsp3) is 0.300. The SMILES string of the molecule is CC(O)(CNC(=O)c1cnsn1)c1cccs1. The Morgan fingerprint density at radius 3 is 3.06 bits per heavy atom. The summed E-state index contributed by atoms with van der Waals surface area (Å²) < 4.78 is 7.57. The summed E-state index contributed by atoms with van der Waals surface area (Å²) in [4.78, 5) is 12.4. The van der Waals surface area contributed by atoms with E-state index in [4.69, 9.17) is 0 Å². The molecule has 0 radical (unpaired) electrons. The first-order chi connectivity index (χ1) is 8.09. The standard InChI is InChI=1S/C10H11N3O2S2/c1-10(15,8-3-2-4-16-8)6-11-9(14)7-5-12-17-13-7/h2-5,15H,6H2,1H3,(H,11,14). The monoisotopic (exact) mass is 269 g/mol. The van der Waals surface area contributed by atoms with E-state index in [0.29, 0.717) is 0 Å². The number of thiophene rings is 1. The number of hydrogen-bond acceptors (Lipinski definition) is 6. The summed E-state index contributed by atoms with van der Waals surface area (Å²) in [7, 11) is 0. The van der Waals surface area contributed by atoms with Crippen molar-refractivity contribution in [3.8, 4) is 0 Å². The number of nitrogens with one attached hydrogen (secondary N) is 1. The van der Waals surface area contributed by atoms with Gasteiger partial charge in [0, 0.05) is 4.88 Å². The summed E-state index contributed by atoms with van der Waals surface area (Å²) in [6.07, 6.45) is 1.40. The first-order valence-electron chi connectivity index (χ1n) is 4.92. The Morgan fingerprint density at radius 1 is 1.65 bits per heavy atom. The van der Waals surface area contributed by atoms with Gasteiger partial charge in [-0.25, -0.2) is 0 Å². The van der Waals surface area contributed by atoms with Crippen molar-refractivity contribution in [2.24, 2.45) is 0 Å². The molecule has 0 aliphatic carbocycles. The highest BCUT2D eigenvalue weighted by atomic mass is 32.1. The topological polar surface area (TPSA) is 75.1 Å². The van der Waals surface area contributed by atoms with Crippen molar-refractivity contribution in [3.63, 3.8) is 0 Å². The number of hydrogen-bond donors (Lipinski definition) is 2. The number of carbonyl (C=O) groups excluding carboxylic acids is 1. The molecule has 1 amide bonds. The number of aromatic nitrogens is 2. The highest BCUT2D eigenvalue weighted by Crippen LogP contribution is 2.24. The van der Waals surface area contributed by atoms with E-state index in [1.807, 2.05) is 17.5 Å². The Bertz CT molecular complexity index is 480. The van der Waals surface area contributed by atoms with Gasteiger partial charge in [-0.05, 0) is 18.4 Å². The van der Waals surface area contributed by atoms with Gasteiger partial charge in [0.15, 0.2) is 5.69 Å². The van der Waals surface area contributed by atoms with Crippen LogP contribution >= 0.6 is 23.1 Å². The molecule has 2 rings (SSSR count). The van der Waals surface area contributed by atoms with Crippen LogP contribution < -0.4 is 5.32 Å². The van der Waals surface area contributed by atoms with Crippen LogP contribution in [0.4, 0.5) is 0 Å². The van der Waals surface area contributed by atoms with E-state index in [1.54, 1.807) is 6.92 Å². The van der Waals surface area contributed by atoms with E-state index in [0.717, 1.165) is 16.6 Å². The lowest BCUT2D eigenvalue weighted by Gasteiger charge is -2.21. The van der Waals surface area contributed by atoms with Crippen molar-refractivity contribution >= 4 is 29.0 Å². The maximum absolute atomic E-state index is 11.6. The molecule has 2 aromatic rings. The number of nitrogens with zero attached hydrogens (tertiary/aromatic N) is 2. The average Bonchev–Trinajstić information content (AvgIpc) is 2.97. The van der Waals surface area contributed by atoms with Crippen LogP contribution in [0.2, 0.25) is 0 Å². The summed E-state index contributed by atoms with van der Waals surface area (Å²) in [6.45, 7) is 1.81. The zero-order valence-electron chi connectivity index (χ0n) is 9.08. The summed E-state index contributed by atoms with van der Waals surface area (Å²) >= 11 is 2.43. The van der Waals surface area contributed by atoms with E-state index in [2.05, 4.69) is 14.1 Å². The quantitative estimate of drug-likeness (QED) is 0.875. The fourth-order valence-corrected chi connectivity index (χ4v) is 2.48. The van der Waals surface area contributed by atoms with Crippen LogP contribution in [0.25, 0.3) is 0 Å². The Morgan fingerprint density at radius 2 is 2.47 bits per heavy atom. The summed E-state index contributed by atoms with van der Waals surface area (Å²) in [5.74, 6) is -0.324. The van der Waals surface area contributed by atoms with Crippen LogP contribution in [0.5, 0.6) is 0 Å². The Labute approximate surface area is 106 Å². The summed E-state index contributed by atoms with van der Waals surface area (Å²) in [5.41, 5.74) is -0.787. The number of carbonyl (C=O) groups is 1. The molecule has 90 valence electrons. The largest absolute Gasteiger partial charge is 0.383 e. The lowest BCUT2D eigenvalue weighted by atomic mass is 10.1. The molecule has 0 saturated heterocycles. The molecule has 1 atom stereocenters. The van der Waals surface area contributed by atoms with Gasteiger partial charge in [-0.2, -0.15) is 8.75 Å². The summed E-state index contributed by atoms with van der Waals surface area (Å²) in [6, 6.07) is 3.70. The molecule has 0 fully saturated rings. The van der Waals surface area contributed by atoms with Gasteiger partial charge in [0.2, 0.25) is 0 Å². The highest BCUT2D eigenvalue weighted by molar-refractivity contribution is 7.10. The minimum absolute atomic E-state index is 0.143. The number of rotatable bonds is 4. The predicted molar refractivity (Wildman–Crippen MR) is 66.1 cm³/mol. The van der Waals surface area contributed by atoms with Crippen LogP contribution in [0.15, 0.2) is 23.7 Å². The molecule has 17 heavy (non-hydrogen) atoms. The van der Waals surface area contributed by atoms with Gasteiger partial charge in [0.25, 0.3) is 5.91 Å². The normalized spacial score (nSPS) is 14.2. The van der Waals surface area contributed by atoms with Gasteiger partial charge in [-0.1, -0.05) is 6.07 Å². The molecule has 0 aliphatic rings.